The number of halogens is 4. The van der Waals surface area contributed by atoms with Crippen LogP contribution in [0.5, 0.6) is 11.5 Å². The number of anilines is 1. The van der Waals surface area contributed by atoms with Crippen molar-refractivity contribution in [3.05, 3.63) is 124 Å². The lowest BCUT2D eigenvalue weighted by Crippen LogP contribution is -2.43. The average Bonchev–Trinajstić information content (AvgIpc) is 3.10. The van der Waals surface area contributed by atoms with E-state index in [4.69, 9.17) is 16.3 Å². The first-order chi connectivity index (χ1) is 19.4. The Morgan fingerprint density at radius 3 is 2.12 bits per heavy atom. The highest BCUT2D eigenvalue weighted by atomic mass is 35.5. The number of benzene rings is 4. The molecule has 5 nitrogen and oxygen atoms in total. The molecule has 1 heterocycles. The van der Waals surface area contributed by atoms with Gasteiger partial charge in [-0.25, -0.2) is 9.69 Å². The Morgan fingerprint density at radius 1 is 0.829 bits per heavy atom. The molecule has 0 spiro atoms. The van der Waals surface area contributed by atoms with E-state index in [1.807, 2.05) is 54.6 Å². The van der Waals surface area contributed by atoms with Crippen LogP contribution >= 0.6 is 11.6 Å². The molecule has 0 aliphatic carbocycles. The summed E-state index contributed by atoms with van der Waals surface area (Å²) in [5, 5.41) is 0.407. The van der Waals surface area contributed by atoms with E-state index in [0.717, 1.165) is 33.7 Å². The molecule has 3 amide bonds. The van der Waals surface area contributed by atoms with Crippen LogP contribution in [0.15, 0.2) is 97.1 Å². The number of rotatable bonds is 7. The molecule has 5 rings (SSSR count). The van der Waals surface area contributed by atoms with Gasteiger partial charge in [-0.05, 0) is 79.4 Å². The summed E-state index contributed by atoms with van der Waals surface area (Å²) in [5.41, 5.74) is 0.309. The molecule has 1 fully saturated rings. The Kier molecular flexibility index (Phi) is 7.53. The van der Waals surface area contributed by atoms with Crippen molar-refractivity contribution in [2.45, 2.75) is 38.5 Å². The molecule has 0 radical (unpaired) electrons. The first kappa shape index (κ1) is 28.2. The van der Waals surface area contributed by atoms with Crippen LogP contribution < -0.4 is 9.64 Å². The summed E-state index contributed by atoms with van der Waals surface area (Å²) in [6.07, 6.45) is -4.18. The van der Waals surface area contributed by atoms with E-state index in [0.29, 0.717) is 11.4 Å². The quantitative estimate of drug-likeness (QED) is 0.207. The Hall–Kier alpha value is -4.30. The first-order valence-corrected chi connectivity index (χ1v) is 13.2. The zero-order valence-corrected chi connectivity index (χ0v) is 23.0. The van der Waals surface area contributed by atoms with E-state index < -0.39 is 35.0 Å². The fourth-order valence-corrected chi connectivity index (χ4v) is 4.92. The maximum absolute atomic E-state index is 14.1. The third-order valence-corrected chi connectivity index (χ3v) is 7.33. The zero-order chi connectivity index (χ0) is 29.4. The van der Waals surface area contributed by atoms with Crippen LogP contribution in [-0.2, 0) is 23.9 Å². The molecule has 9 heteroatoms. The first-order valence-electron chi connectivity index (χ1n) is 12.9. The molecule has 1 saturated heterocycles. The van der Waals surface area contributed by atoms with Crippen molar-refractivity contribution in [2.24, 2.45) is 0 Å². The molecule has 0 atom stereocenters. The Labute approximate surface area is 240 Å². The van der Waals surface area contributed by atoms with Crippen molar-refractivity contribution >= 4 is 29.2 Å². The van der Waals surface area contributed by atoms with Gasteiger partial charge < -0.3 is 9.64 Å². The smallest absolute Gasteiger partial charge is 0.420 e. The van der Waals surface area contributed by atoms with E-state index in [2.05, 4.69) is 0 Å². The van der Waals surface area contributed by atoms with Crippen molar-refractivity contribution in [1.29, 1.82) is 0 Å². The number of urea groups is 1. The minimum Gasteiger partial charge on any atom is -0.457 e. The number of alkyl halides is 3. The van der Waals surface area contributed by atoms with Gasteiger partial charge >= 0.3 is 12.2 Å². The lowest BCUT2D eigenvalue weighted by Gasteiger charge is -2.28. The number of ether oxygens (including phenoxy) is 1. The van der Waals surface area contributed by atoms with Crippen molar-refractivity contribution in [3.8, 4) is 11.5 Å². The third kappa shape index (κ3) is 5.79. The maximum Gasteiger partial charge on any atom is 0.420 e. The van der Waals surface area contributed by atoms with Gasteiger partial charge in [-0.2, -0.15) is 13.2 Å². The summed E-state index contributed by atoms with van der Waals surface area (Å²) in [5.74, 6) is -0.932. The number of carbonyl (C=O) groups is 2. The highest BCUT2D eigenvalue weighted by molar-refractivity contribution is 6.30. The normalized spacial score (nSPS) is 15.0. The van der Waals surface area contributed by atoms with Crippen LogP contribution in [0.25, 0.3) is 0 Å². The zero-order valence-electron chi connectivity index (χ0n) is 22.3. The molecule has 0 bridgehead atoms. The largest absolute Gasteiger partial charge is 0.457 e. The fraction of sp³-hybridized carbons (Fsp3) is 0.188. The predicted molar refractivity (Wildman–Crippen MR) is 151 cm³/mol. The van der Waals surface area contributed by atoms with Gasteiger partial charge in [-0.1, -0.05) is 66.2 Å². The van der Waals surface area contributed by atoms with Gasteiger partial charge in [0, 0.05) is 11.6 Å². The molecule has 0 unspecified atom stereocenters. The van der Waals surface area contributed by atoms with Crippen LogP contribution in [-0.4, -0.2) is 22.4 Å². The van der Waals surface area contributed by atoms with Gasteiger partial charge in [0.05, 0.1) is 5.69 Å². The summed E-state index contributed by atoms with van der Waals surface area (Å²) in [6.45, 7) is 3.30. The van der Waals surface area contributed by atoms with Crippen LogP contribution in [0.2, 0.25) is 5.02 Å². The Balaban J connectivity index is 1.46. The number of amides is 3. The number of carbonyl (C=O) groups excluding carboxylic acids is 2. The van der Waals surface area contributed by atoms with Gasteiger partial charge in [0.15, 0.2) is 0 Å². The second-order valence-corrected chi connectivity index (χ2v) is 10.7. The van der Waals surface area contributed by atoms with E-state index in [-0.39, 0.29) is 18.0 Å². The fourth-order valence-electron chi connectivity index (χ4n) is 4.80. The van der Waals surface area contributed by atoms with Crippen molar-refractivity contribution < 1.29 is 27.5 Å². The molecule has 0 N–H and O–H groups in total. The van der Waals surface area contributed by atoms with Crippen LogP contribution in [0.3, 0.4) is 0 Å². The van der Waals surface area contributed by atoms with Crippen LogP contribution in [0.4, 0.5) is 23.7 Å². The summed E-state index contributed by atoms with van der Waals surface area (Å²) >= 11 is 5.86. The minimum atomic E-state index is -4.81. The van der Waals surface area contributed by atoms with Gasteiger partial charge in [-0.15, -0.1) is 0 Å². The lowest BCUT2D eigenvalue weighted by atomic mass is 9.97. The molecule has 4 aromatic rings. The summed E-state index contributed by atoms with van der Waals surface area (Å²) < 4.78 is 47.8. The summed E-state index contributed by atoms with van der Waals surface area (Å²) in [4.78, 5) is 29.4. The molecule has 1 aliphatic heterocycles. The number of hydrogen-bond donors (Lipinski definition) is 0. The summed E-state index contributed by atoms with van der Waals surface area (Å²) in [7, 11) is 0. The van der Waals surface area contributed by atoms with Gasteiger partial charge in [-0.3, -0.25) is 4.79 Å². The number of nitrogens with zero attached hydrogens (tertiary/aromatic N) is 2. The molecule has 210 valence electrons. The molecular weight excluding hydrogens is 553 g/mol. The highest BCUT2D eigenvalue weighted by Gasteiger charge is 2.52. The molecular formula is C32H26ClF3N2O3. The van der Waals surface area contributed by atoms with E-state index in [9.17, 15) is 22.8 Å². The average molecular weight is 579 g/mol. The van der Waals surface area contributed by atoms with Crippen molar-refractivity contribution in [3.63, 3.8) is 0 Å². The van der Waals surface area contributed by atoms with E-state index >= 15 is 0 Å². The van der Waals surface area contributed by atoms with Crippen LogP contribution in [0.1, 0.15) is 36.1 Å². The lowest BCUT2D eigenvalue weighted by molar-refractivity contribution is -0.138. The SMILES string of the molecule is CC1(C)C(=O)N(c2ccc(Oc3ccc(Cl)cc3)c(C(F)(F)F)c2)C(=O)N1Cc1ccccc1Cc1ccccc1. The molecule has 4 aromatic carbocycles. The Bertz CT molecular complexity index is 1590. The monoisotopic (exact) mass is 578 g/mol. The number of imide groups is 1. The van der Waals surface area contributed by atoms with Crippen LogP contribution in [0, 0.1) is 0 Å². The van der Waals surface area contributed by atoms with Crippen molar-refractivity contribution in [1.82, 2.24) is 4.90 Å². The summed E-state index contributed by atoms with van der Waals surface area (Å²) in [6, 6.07) is 25.8. The second kappa shape index (κ2) is 10.9. The standard InChI is InChI=1S/C32H26ClF3N2O3/c1-31(2)29(39)38(25-14-17-28(27(19-25)32(34,35)36)41-26-15-12-24(33)13-16-26)30(40)37(31)20-23-11-7-6-10-22(23)18-21-8-4-3-5-9-21/h3-17,19H,18,20H2,1-2H3. The molecule has 0 aromatic heterocycles. The van der Waals surface area contributed by atoms with Gasteiger partial charge in [0.2, 0.25) is 0 Å². The maximum atomic E-state index is 14.1. The van der Waals surface area contributed by atoms with E-state index in [1.54, 1.807) is 13.8 Å². The molecule has 1 aliphatic rings. The highest BCUT2D eigenvalue weighted by Crippen LogP contribution is 2.42. The predicted octanol–water partition coefficient (Wildman–Crippen LogP) is 8.49. The minimum absolute atomic E-state index is 0.112. The second-order valence-electron chi connectivity index (χ2n) is 10.2. The van der Waals surface area contributed by atoms with Gasteiger partial charge in [0.25, 0.3) is 5.91 Å². The topological polar surface area (TPSA) is 49.9 Å². The third-order valence-electron chi connectivity index (χ3n) is 7.08. The molecule has 0 saturated carbocycles. The number of hydrogen-bond acceptors (Lipinski definition) is 3. The molecule has 41 heavy (non-hydrogen) atoms. The van der Waals surface area contributed by atoms with E-state index in [1.165, 1.54) is 35.2 Å². The van der Waals surface area contributed by atoms with Crippen molar-refractivity contribution in [2.75, 3.05) is 4.90 Å². The van der Waals surface area contributed by atoms with Gasteiger partial charge in [0.1, 0.15) is 22.6 Å². The Morgan fingerprint density at radius 2 is 1.46 bits per heavy atom.